The average molecular weight is 315 g/mol. The van der Waals surface area contributed by atoms with Crippen molar-refractivity contribution in [2.45, 2.75) is 0 Å². The monoisotopic (exact) mass is 314 g/mol. The van der Waals surface area contributed by atoms with Crippen molar-refractivity contribution in [2.75, 3.05) is 5.32 Å². The molecule has 0 radical (unpaired) electrons. The van der Waals surface area contributed by atoms with Crippen LogP contribution in [0.15, 0.2) is 60.7 Å². The highest BCUT2D eigenvalue weighted by Gasteiger charge is 2.09. The summed E-state index contributed by atoms with van der Waals surface area (Å²) < 4.78 is 4.35. The van der Waals surface area contributed by atoms with E-state index < -0.39 is 0 Å². The highest BCUT2D eigenvalue weighted by atomic mass is 35.5. The van der Waals surface area contributed by atoms with Gasteiger partial charge >= 0.3 is 0 Å². The predicted molar refractivity (Wildman–Crippen MR) is 87.0 cm³/mol. The van der Waals surface area contributed by atoms with E-state index in [4.69, 9.17) is 11.6 Å². The van der Waals surface area contributed by atoms with E-state index in [-0.39, 0.29) is 5.91 Å². The Morgan fingerprint density at radius 1 is 1.05 bits per heavy atom. The van der Waals surface area contributed by atoms with Crippen molar-refractivity contribution in [1.29, 1.82) is 0 Å². The van der Waals surface area contributed by atoms with Crippen LogP contribution in [0.3, 0.4) is 0 Å². The van der Waals surface area contributed by atoms with E-state index >= 15 is 0 Å². The minimum atomic E-state index is -0.194. The van der Waals surface area contributed by atoms with Gasteiger partial charge in [0.25, 0.3) is 5.91 Å². The fourth-order valence-corrected chi connectivity index (χ4v) is 2.74. The number of aromatic nitrogens is 1. The van der Waals surface area contributed by atoms with Gasteiger partial charge in [0.05, 0.1) is 5.69 Å². The maximum Gasteiger partial charge on any atom is 0.256 e. The van der Waals surface area contributed by atoms with Crippen LogP contribution in [0.25, 0.3) is 11.3 Å². The molecule has 0 spiro atoms. The third kappa shape index (κ3) is 3.29. The van der Waals surface area contributed by atoms with Gasteiger partial charge in [-0.1, -0.05) is 48.0 Å². The Morgan fingerprint density at radius 3 is 2.62 bits per heavy atom. The summed E-state index contributed by atoms with van der Waals surface area (Å²) >= 11 is 7.14. The molecule has 0 aliphatic heterocycles. The number of rotatable bonds is 3. The second kappa shape index (κ2) is 6.08. The van der Waals surface area contributed by atoms with Gasteiger partial charge < -0.3 is 5.32 Å². The van der Waals surface area contributed by atoms with Crippen molar-refractivity contribution in [3.05, 3.63) is 71.2 Å². The highest BCUT2D eigenvalue weighted by Crippen LogP contribution is 2.25. The summed E-state index contributed by atoms with van der Waals surface area (Å²) in [4.78, 5) is 12.1. The number of nitrogens with one attached hydrogen (secondary N) is 1. The molecule has 0 saturated carbocycles. The van der Waals surface area contributed by atoms with E-state index in [1.807, 2.05) is 36.4 Å². The zero-order valence-corrected chi connectivity index (χ0v) is 12.5. The third-order valence-corrected chi connectivity index (χ3v) is 3.84. The van der Waals surface area contributed by atoms with Crippen LogP contribution in [0.4, 0.5) is 5.00 Å². The Balaban J connectivity index is 1.77. The van der Waals surface area contributed by atoms with E-state index in [0.717, 1.165) is 11.3 Å². The molecule has 0 bridgehead atoms. The summed E-state index contributed by atoms with van der Waals surface area (Å²) in [5, 5.41) is 4.08. The number of carbonyl (C=O) groups is 1. The molecule has 104 valence electrons. The van der Waals surface area contributed by atoms with E-state index in [1.165, 1.54) is 11.5 Å². The molecule has 1 aromatic heterocycles. The SMILES string of the molecule is O=C(Nc1cc(-c2ccccc2)ns1)c1cccc(Cl)c1. The molecule has 0 aliphatic carbocycles. The first-order valence-corrected chi connectivity index (χ1v) is 7.46. The minimum absolute atomic E-state index is 0.194. The largest absolute Gasteiger partial charge is 0.312 e. The van der Waals surface area contributed by atoms with Crippen LogP contribution < -0.4 is 5.32 Å². The van der Waals surface area contributed by atoms with Gasteiger partial charge in [-0.15, -0.1) is 0 Å². The van der Waals surface area contributed by atoms with E-state index in [1.54, 1.807) is 24.3 Å². The van der Waals surface area contributed by atoms with Crippen LogP contribution >= 0.6 is 23.1 Å². The predicted octanol–water partition coefficient (Wildman–Crippen LogP) is 4.72. The molecular weight excluding hydrogens is 304 g/mol. The molecule has 21 heavy (non-hydrogen) atoms. The molecule has 3 rings (SSSR count). The van der Waals surface area contributed by atoms with Crippen molar-refractivity contribution in [1.82, 2.24) is 4.37 Å². The minimum Gasteiger partial charge on any atom is -0.312 e. The van der Waals surface area contributed by atoms with Crippen molar-refractivity contribution < 1.29 is 4.79 Å². The van der Waals surface area contributed by atoms with Crippen LogP contribution in [-0.2, 0) is 0 Å². The summed E-state index contributed by atoms with van der Waals surface area (Å²) in [6.45, 7) is 0. The Kier molecular flexibility index (Phi) is 3.99. The van der Waals surface area contributed by atoms with Gasteiger partial charge in [0.1, 0.15) is 5.00 Å². The first-order chi connectivity index (χ1) is 10.2. The van der Waals surface area contributed by atoms with Gasteiger partial charge in [0.2, 0.25) is 0 Å². The molecule has 1 amide bonds. The molecule has 5 heteroatoms. The second-order valence-corrected chi connectivity index (χ2v) is 5.65. The molecular formula is C16H11ClN2OS. The smallest absolute Gasteiger partial charge is 0.256 e. The third-order valence-electron chi connectivity index (χ3n) is 2.90. The standard InChI is InChI=1S/C16H11ClN2OS/c17-13-8-4-7-12(9-13)16(20)18-15-10-14(19-21-15)11-5-2-1-3-6-11/h1-10H,(H,18,20). The summed E-state index contributed by atoms with van der Waals surface area (Å²) in [6.07, 6.45) is 0. The Labute approximate surface area is 131 Å². The summed E-state index contributed by atoms with van der Waals surface area (Å²) in [6, 6.07) is 18.5. The first-order valence-electron chi connectivity index (χ1n) is 6.31. The number of anilines is 1. The van der Waals surface area contributed by atoms with E-state index in [9.17, 15) is 4.79 Å². The van der Waals surface area contributed by atoms with E-state index in [2.05, 4.69) is 9.69 Å². The van der Waals surface area contributed by atoms with Crippen LogP contribution in [-0.4, -0.2) is 10.3 Å². The molecule has 2 aromatic carbocycles. The van der Waals surface area contributed by atoms with Gasteiger partial charge in [0.15, 0.2) is 0 Å². The van der Waals surface area contributed by atoms with Gasteiger partial charge in [-0.2, -0.15) is 4.37 Å². The first kappa shape index (κ1) is 13.8. The Morgan fingerprint density at radius 2 is 1.86 bits per heavy atom. The summed E-state index contributed by atoms with van der Waals surface area (Å²) in [5.74, 6) is -0.194. The van der Waals surface area contributed by atoms with Crippen LogP contribution in [0.2, 0.25) is 5.02 Å². The molecule has 3 aromatic rings. The van der Waals surface area contributed by atoms with Gasteiger partial charge in [-0.05, 0) is 29.7 Å². The van der Waals surface area contributed by atoms with E-state index in [0.29, 0.717) is 15.6 Å². The average Bonchev–Trinajstić information content (AvgIpc) is 2.97. The number of carbonyl (C=O) groups excluding carboxylic acids is 1. The van der Waals surface area contributed by atoms with Crippen LogP contribution in [0.5, 0.6) is 0 Å². The molecule has 3 nitrogen and oxygen atoms in total. The van der Waals surface area contributed by atoms with Crippen molar-refractivity contribution in [3.63, 3.8) is 0 Å². The van der Waals surface area contributed by atoms with Gasteiger partial charge in [0, 0.05) is 22.2 Å². The number of nitrogens with zero attached hydrogens (tertiary/aromatic N) is 1. The number of amides is 1. The lowest BCUT2D eigenvalue weighted by atomic mass is 10.1. The van der Waals surface area contributed by atoms with Gasteiger partial charge in [-0.3, -0.25) is 4.79 Å². The molecule has 0 atom stereocenters. The highest BCUT2D eigenvalue weighted by molar-refractivity contribution is 7.10. The summed E-state index contributed by atoms with van der Waals surface area (Å²) in [7, 11) is 0. The molecule has 0 fully saturated rings. The Bertz CT molecular complexity index is 771. The van der Waals surface area contributed by atoms with Crippen molar-refractivity contribution in [2.24, 2.45) is 0 Å². The van der Waals surface area contributed by atoms with Crippen LogP contribution in [0.1, 0.15) is 10.4 Å². The molecule has 1 N–H and O–H groups in total. The number of hydrogen-bond donors (Lipinski definition) is 1. The second-order valence-electron chi connectivity index (χ2n) is 4.41. The maximum atomic E-state index is 12.1. The molecule has 0 saturated heterocycles. The fourth-order valence-electron chi connectivity index (χ4n) is 1.89. The zero-order chi connectivity index (χ0) is 14.7. The van der Waals surface area contributed by atoms with Crippen molar-refractivity contribution >= 4 is 34.0 Å². The lowest BCUT2D eigenvalue weighted by molar-refractivity contribution is 0.102. The quantitative estimate of drug-likeness (QED) is 0.760. The normalized spacial score (nSPS) is 10.3. The van der Waals surface area contributed by atoms with Crippen LogP contribution in [0, 0.1) is 0 Å². The zero-order valence-electron chi connectivity index (χ0n) is 10.9. The lowest BCUT2D eigenvalue weighted by Crippen LogP contribution is -2.10. The van der Waals surface area contributed by atoms with Gasteiger partial charge in [-0.25, -0.2) is 0 Å². The molecule has 0 aliphatic rings. The molecule has 0 unspecified atom stereocenters. The number of benzene rings is 2. The fraction of sp³-hybridized carbons (Fsp3) is 0. The number of hydrogen-bond acceptors (Lipinski definition) is 3. The molecule has 1 heterocycles. The summed E-state index contributed by atoms with van der Waals surface area (Å²) in [5.41, 5.74) is 2.40. The Hall–Kier alpha value is -2.17. The van der Waals surface area contributed by atoms with Crippen molar-refractivity contribution in [3.8, 4) is 11.3 Å². The maximum absolute atomic E-state index is 12.1. The number of halogens is 1. The lowest BCUT2D eigenvalue weighted by Gasteiger charge is -2.02. The topological polar surface area (TPSA) is 42.0 Å².